The van der Waals surface area contributed by atoms with Crippen molar-refractivity contribution in [2.24, 2.45) is 0 Å². The van der Waals surface area contributed by atoms with Crippen molar-refractivity contribution in [1.29, 1.82) is 0 Å². The van der Waals surface area contributed by atoms with Gasteiger partial charge in [0.25, 0.3) is 5.91 Å². The number of aromatic nitrogens is 2. The minimum absolute atomic E-state index is 0.219. The van der Waals surface area contributed by atoms with Gasteiger partial charge in [0.2, 0.25) is 0 Å². The average molecular weight is 319 g/mol. The molecule has 0 aliphatic carbocycles. The van der Waals surface area contributed by atoms with Crippen LogP contribution in [0.3, 0.4) is 0 Å². The van der Waals surface area contributed by atoms with Gasteiger partial charge in [0.1, 0.15) is 5.69 Å². The Morgan fingerprint density at radius 3 is 2.32 bits per heavy atom. The topological polar surface area (TPSA) is 80.2 Å². The Bertz CT molecular complexity index is 758. The number of nitrogens with zero attached hydrogens (tertiary/aromatic N) is 3. The van der Waals surface area contributed by atoms with E-state index in [0.717, 1.165) is 11.8 Å². The van der Waals surface area contributed by atoms with Gasteiger partial charge in [0.05, 0.1) is 17.1 Å². The highest BCUT2D eigenvalue weighted by atomic mass is 32.2. The summed E-state index contributed by atoms with van der Waals surface area (Å²) >= 11 is 0. The first-order chi connectivity index (χ1) is 10.3. The van der Waals surface area contributed by atoms with Crippen LogP contribution in [0.2, 0.25) is 0 Å². The van der Waals surface area contributed by atoms with E-state index < -0.39 is 9.84 Å². The van der Waals surface area contributed by atoms with Crippen molar-refractivity contribution in [2.45, 2.75) is 17.9 Å². The number of sulfone groups is 1. The van der Waals surface area contributed by atoms with Crippen LogP contribution in [0.1, 0.15) is 29.0 Å². The van der Waals surface area contributed by atoms with Gasteiger partial charge in [0.15, 0.2) is 9.84 Å². The van der Waals surface area contributed by atoms with E-state index in [-0.39, 0.29) is 22.5 Å². The summed E-state index contributed by atoms with van der Waals surface area (Å²) in [4.78, 5) is 22.0. The molecule has 22 heavy (non-hydrogen) atoms. The molecule has 0 unspecified atom stereocenters. The van der Waals surface area contributed by atoms with Crippen LogP contribution in [0.4, 0.5) is 0 Å². The number of hydrogen-bond donors (Lipinski definition) is 0. The fraction of sp³-hybridized carbons (Fsp3) is 0.267. The Morgan fingerprint density at radius 2 is 1.82 bits per heavy atom. The van der Waals surface area contributed by atoms with Crippen molar-refractivity contribution < 1.29 is 13.2 Å². The molecule has 0 fully saturated rings. The Labute approximate surface area is 129 Å². The molecular weight excluding hydrogens is 302 g/mol. The number of hydrogen-bond acceptors (Lipinski definition) is 5. The highest BCUT2D eigenvalue weighted by Crippen LogP contribution is 2.21. The van der Waals surface area contributed by atoms with Gasteiger partial charge in [-0.15, -0.1) is 0 Å². The smallest absolute Gasteiger partial charge is 0.274 e. The van der Waals surface area contributed by atoms with Crippen LogP contribution < -0.4 is 0 Å². The molecule has 7 heteroatoms. The first kappa shape index (κ1) is 16.1. The molecule has 1 aromatic carbocycles. The standard InChI is InChI=1S/C15H17N3O3S/c1-11(12-4-6-13(7-5-12)22(3,20)21)18(2)15(19)14-10-16-8-9-17-14/h4-11H,1-3H3/t11-/m0/s1. The summed E-state index contributed by atoms with van der Waals surface area (Å²) in [5, 5.41) is 0. The number of rotatable bonds is 4. The Kier molecular flexibility index (Phi) is 4.56. The van der Waals surface area contributed by atoms with Crippen molar-refractivity contribution in [3.05, 3.63) is 54.1 Å². The molecule has 2 aromatic rings. The van der Waals surface area contributed by atoms with Gasteiger partial charge >= 0.3 is 0 Å². The lowest BCUT2D eigenvalue weighted by Crippen LogP contribution is -2.30. The molecule has 6 nitrogen and oxygen atoms in total. The molecule has 0 saturated heterocycles. The summed E-state index contributed by atoms with van der Waals surface area (Å²) in [7, 11) is -1.55. The molecule has 0 bridgehead atoms. The summed E-state index contributed by atoms with van der Waals surface area (Å²) in [6.07, 6.45) is 5.55. The number of amides is 1. The lowest BCUT2D eigenvalue weighted by molar-refractivity contribution is 0.0736. The van der Waals surface area contributed by atoms with Crippen molar-refractivity contribution in [1.82, 2.24) is 14.9 Å². The van der Waals surface area contributed by atoms with Crippen LogP contribution in [0.15, 0.2) is 47.8 Å². The van der Waals surface area contributed by atoms with E-state index in [1.807, 2.05) is 6.92 Å². The predicted molar refractivity (Wildman–Crippen MR) is 82.1 cm³/mol. The summed E-state index contributed by atoms with van der Waals surface area (Å²) < 4.78 is 22.9. The van der Waals surface area contributed by atoms with Gasteiger partial charge in [0, 0.05) is 25.7 Å². The highest BCUT2D eigenvalue weighted by molar-refractivity contribution is 7.90. The molecule has 0 N–H and O–H groups in total. The predicted octanol–water partition coefficient (Wildman–Crippen LogP) is 1.71. The summed E-state index contributed by atoms with van der Waals surface area (Å²) in [6, 6.07) is 6.29. The SMILES string of the molecule is C[C@@H](c1ccc(S(C)(=O)=O)cc1)N(C)C(=O)c1cnccn1. The molecule has 0 aliphatic heterocycles. The van der Waals surface area contributed by atoms with Gasteiger partial charge in [-0.05, 0) is 24.6 Å². The maximum absolute atomic E-state index is 12.3. The minimum atomic E-state index is -3.22. The van der Waals surface area contributed by atoms with Gasteiger partial charge in [-0.2, -0.15) is 0 Å². The summed E-state index contributed by atoms with van der Waals surface area (Å²) in [5.74, 6) is -0.243. The molecule has 2 rings (SSSR count). The first-order valence-corrected chi connectivity index (χ1v) is 8.53. The van der Waals surface area contributed by atoms with Crippen molar-refractivity contribution >= 4 is 15.7 Å². The molecule has 1 atom stereocenters. The Morgan fingerprint density at radius 1 is 1.18 bits per heavy atom. The van der Waals surface area contributed by atoms with E-state index in [2.05, 4.69) is 9.97 Å². The summed E-state index contributed by atoms with van der Waals surface area (Å²) in [6.45, 7) is 1.86. The second-order valence-electron chi connectivity index (χ2n) is 5.02. The summed E-state index contributed by atoms with van der Waals surface area (Å²) in [5.41, 5.74) is 1.11. The number of carbonyl (C=O) groups is 1. The second-order valence-corrected chi connectivity index (χ2v) is 7.04. The normalized spacial score (nSPS) is 12.7. The van der Waals surface area contributed by atoms with Crippen LogP contribution in [0, 0.1) is 0 Å². The molecule has 0 aliphatic rings. The van der Waals surface area contributed by atoms with Gasteiger partial charge < -0.3 is 4.90 Å². The zero-order valence-corrected chi connectivity index (χ0v) is 13.4. The van der Waals surface area contributed by atoms with Crippen LogP contribution in [-0.4, -0.2) is 42.5 Å². The lowest BCUT2D eigenvalue weighted by atomic mass is 10.1. The molecule has 0 radical (unpaired) electrons. The fourth-order valence-corrected chi connectivity index (χ4v) is 2.61. The van der Waals surface area contributed by atoms with Crippen LogP contribution in [0.5, 0.6) is 0 Å². The third-order valence-electron chi connectivity index (χ3n) is 3.47. The second kappa shape index (κ2) is 6.23. The van der Waals surface area contributed by atoms with Crippen LogP contribution in [-0.2, 0) is 9.84 Å². The quantitative estimate of drug-likeness (QED) is 0.857. The molecule has 1 heterocycles. The van der Waals surface area contributed by atoms with Gasteiger partial charge in [-0.1, -0.05) is 12.1 Å². The highest BCUT2D eigenvalue weighted by Gasteiger charge is 2.20. The van der Waals surface area contributed by atoms with Crippen LogP contribution in [0.25, 0.3) is 0 Å². The monoisotopic (exact) mass is 319 g/mol. The molecule has 116 valence electrons. The van der Waals surface area contributed by atoms with Crippen molar-refractivity contribution in [3.63, 3.8) is 0 Å². The average Bonchev–Trinajstić information content (AvgIpc) is 2.53. The van der Waals surface area contributed by atoms with E-state index in [0.29, 0.717) is 0 Å². The number of benzene rings is 1. The van der Waals surface area contributed by atoms with Crippen LogP contribution >= 0.6 is 0 Å². The Hall–Kier alpha value is -2.28. The third kappa shape index (κ3) is 3.48. The minimum Gasteiger partial charge on any atom is -0.334 e. The van der Waals surface area contributed by atoms with E-state index in [1.165, 1.54) is 18.6 Å². The fourth-order valence-electron chi connectivity index (χ4n) is 1.98. The molecular formula is C15H17N3O3S. The maximum atomic E-state index is 12.3. The van der Waals surface area contributed by atoms with Gasteiger partial charge in [-0.3, -0.25) is 9.78 Å². The maximum Gasteiger partial charge on any atom is 0.274 e. The van der Waals surface area contributed by atoms with Gasteiger partial charge in [-0.25, -0.2) is 13.4 Å². The third-order valence-corrected chi connectivity index (χ3v) is 4.60. The first-order valence-electron chi connectivity index (χ1n) is 6.64. The Balaban J connectivity index is 2.20. The molecule has 1 amide bonds. The number of carbonyl (C=O) groups excluding carboxylic acids is 1. The zero-order chi connectivity index (χ0) is 16.3. The van der Waals surface area contributed by atoms with E-state index in [4.69, 9.17) is 0 Å². The largest absolute Gasteiger partial charge is 0.334 e. The van der Waals surface area contributed by atoms with E-state index >= 15 is 0 Å². The lowest BCUT2D eigenvalue weighted by Gasteiger charge is -2.25. The molecule has 1 aromatic heterocycles. The van der Waals surface area contributed by atoms with E-state index in [9.17, 15) is 13.2 Å². The van der Waals surface area contributed by atoms with Crippen molar-refractivity contribution in [2.75, 3.05) is 13.3 Å². The van der Waals surface area contributed by atoms with Crippen molar-refractivity contribution in [3.8, 4) is 0 Å². The zero-order valence-electron chi connectivity index (χ0n) is 12.6. The van der Waals surface area contributed by atoms with E-state index in [1.54, 1.807) is 36.2 Å². The molecule has 0 spiro atoms. The molecule has 0 saturated carbocycles.